The van der Waals surface area contributed by atoms with Gasteiger partial charge in [-0.15, -0.1) is 0 Å². The summed E-state index contributed by atoms with van der Waals surface area (Å²) in [4.78, 5) is 22.2. The predicted molar refractivity (Wildman–Crippen MR) is 68.0 cm³/mol. The Balaban J connectivity index is 3.39. The minimum absolute atomic E-state index is 0.354. The number of carbonyl (C=O) groups excluding carboxylic acids is 2. The van der Waals surface area contributed by atoms with Gasteiger partial charge in [0.05, 0.1) is 13.2 Å². The summed E-state index contributed by atoms with van der Waals surface area (Å²) < 4.78 is 9.63. The SMILES string of the molecule is CCCCCOC(=O)NNC(=O)OCCCCC. The molecular weight excluding hydrogens is 236 g/mol. The highest BCUT2D eigenvalue weighted by molar-refractivity contribution is 5.73. The number of hydrazine groups is 1. The van der Waals surface area contributed by atoms with Crippen molar-refractivity contribution >= 4 is 12.2 Å². The number of carbonyl (C=O) groups is 2. The van der Waals surface area contributed by atoms with Crippen molar-refractivity contribution in [1.82, 2.24) is 10.9 Å². The first-order valence-electron chi connectivity index (χ1n) is 6.56. The molecule has 106 valence electrons. The Kier molecular flexibility index (Phi) is 11.0. The summed E-state index contributed by atoms with van der Waals surface area (Å²) >= 11 is 0. The number of ether oxygens (including phenoxy) is 2. The molecular formula is C12H24N2O4. The van der Waals surface area contributed by atoms with Crippen LogP contribution in [0.25, 0.3) is 0 Å². The van der Waals surface area contributed by atoms with Gasteiger partial charge in [-0.1, -0.05) is 39.5 Å². The lowest BCUT2D eigenvalue weighted by atomic mass is 10.3. The summed E-state index contributed by atoms with van der Waals surface area (Å²) in [5, 5.41) is 0. The fourth-order valence-corrected chi connectivity index (χ4v) is 1.21. The van der Waals surface area contributed by atoms with Gasteiger partial charge in [0.25, 0.3) is 0 Å². The Morgan fingerprint density at radius 3 is 1.50 bits per heavy atom. The van der Waals surface area contributed by atoms with E-state index < -0.39 is 12.2 Å². The molecule has 0 bridgehead atoms. The van der Waals surface area contributed by atoms with Crippen molar-refractivity contribution in [3.63, 3.8) is 0 Å². The third kappa shape index (κ3) is 11.0. The Labute approximate surface area is 108 Å². The molecule has 0 aromatic heterocycles. The van der Waals surface area contributed by atoms with E-state index >= 15 is 0 Å². The maximum atomic E-state index is 11.1. The van der Waals surface area contributed by atoms with Gasteiger partial charge >= 0.3 is 12.2 Å². The summed E-state index contributed by atoms with van der Waals surface area (Å²) in [7, 11) is 0. The summed E-state index contributed by atoms with van der Waals surface area (Å²) in [6, 6.07) is 0. The fraction of sp³-hybridized carbons (Fsp3) is 0.833. The van der Waals surface area contributed by atoms with E-state index in [1.54, 1.807) is 0 Å². The Bertz CT molecular complexity index is 210. The molecule has 0 aromatic rings. The molecule has 0 atom stereocenters. The first kappa shape index (κ1) is 16.5. The van der Waals surface area contributed by atoms with Crippen molar-refractivity contribution < 1.29 is 19.1 Å². The molecule has 18 heavy (non-hydrogen) atoms. The molecule has 0 aliphatic rings. The molecule has 0 unspecified atom stereocenters. The van der Waals surface area contributed by atoms with E-state index in [9.17, 15) is 9.59 Å². The van der Waals surface area contributed by atoms with E-state index in [4.69, 9.17) is 9.47 Å². The van der Waals surface area contributed by atoms with Crippen LogP contribution in [-0.4, -0.2) is 25.4 Å². The van der Waals surface area contributed by atoms with Gasteiger partial charge in [-0.25, -0.2) is 20.4 Å². The molecule has 0 radical (unpaired) electrons. The zero-order chi connectivity index (χ0) is 13.6. The van der Waals surface area contributed by atoms with E-state index in [2.05, 4.69) is 24.7 Å². The molecule has 2 amide bonds. The summed E-state index contributed by atoms with van der Waals surface area (Å²) in [6.07, 6.45) is 4.46. The molecule has 0 aliphatic carbocycles. The van der Waals surface area contributed by atoms with Crippen LogP contribution in [0, 0.1) is 0 Å². The molecule has 0 aliphatic heterocycles. The van der Waals surface area contributed by atoms with Gasteiger partial charge in [-0.05, 0) is 12.8 Å². The number of nitrogens with one attached hydrogen (secondary N) is 2. The first-order valence-corrected chi connectivity index (χ1v) is 6.56. The third-order valence-corrected chi connectivity index (χ3v) is 2.23. The van der Waals surface area contributed by atoms with Crippen LogP contribution in [0.5, 0.6) is 0 Å². The lowest BCUT2D eigenvalue weighted by molar-refractivity contribution is 0.122. The molecule has 6 heteroatoms. The molecule has 0 rings (SSSR count). The van der Waals surface area contributed by atoms with Crippen LogP contribution < -0.4 is 10.9 Å². The zero-order valence-corrected chi connectivity index (χ0v) is 11.3. The lowest BCUT2D eigenvalue weighted by Crippen LogP contribution is -2.42. The van der Waals surface area contributed by atoms with Crippen LogP contribution in [0.4, 0.5) is 9.59 Å². The van der Waals surface area contributed by atoms with Crippen molar-refractivity contribution in [2.24, 2.45) is 0 Å². The van der Waals surface area contributed by atoms with Gasteiger partial charge in [-0.3, -0.25) is 0 Å². The smallest absolute Gasteiger partial charge is 0.426 e. The average Bonchev–Trinajstić information content (AvgIpc) is 2.37. The standard InChI is InChI=1S/C12H24N2O4/c1-3-5-7-9-17-11(15)13-14-12(16)18-10-8-6-4-2/h3-10H2,1-2H3,(H,13,15)(H,14,16). The Morgan fingerprint density at radius 1 is 0.778 bits per heavy atom. The van der Waals surface area contributed by atoms with E-state index in [0.29, 0.717) is 13.2 Å². The minimum atomic E-state index is -0.670. The van der Waals surface area contributed by atoms with Gasteiger partial charge in [0, 0.05) is 0 Å². The normalized spacial score (nSPS) is 9.67. The quantitative estimate of drug-likeness (QED) is 0.519. The van der Waals surface area contributed by atoms with Crippen LogP contribution in [0.1, 0.15) is 52.4 Å². The average molecular weight is 260 g/mol. The first-order chi connectivity index (χ1) is 8.70. The van der Waals surface area contributed by atoms with Crippen molar-refractivity contribution in [2.75, 3.05) is 13.2 Å². The number of hydrogen-bond acceptors (Lipinski definition) is 4. The second-order valence-corrected chi connectivity index (χ2v) is 3.94. The van der Waals surface area contributed by atoms with E-state index in [0.717, 1.165) is 38.5 Å². The monoisotopic (exact) mass is 260 g/mol. The molecule has 0 heterocycles. The van der Waals surface area contributed by atoms with Gasteiger partial charge in [0.15, 0.2) is 0 Å². The number of amides is 2. The van der Waals surface area contributed by atoms with Gasteiger partial charge < -0.3 is 9.47 Å². The number of unbranched alkanes of at least 4 members (excludes halogenated alkanes) is 4. The second kappa shape index (κ2) is 12.0. The second-order valence-electron chi connectivity index (χ2n) is 3.94. The maximum absolute atomic E-state index is 11.1. The van der Waals surface area contributed by atoms with Gasteiger partial charge in [0.2, 0.25) is 0 Å². The summed E-state index contributed by atoms with van der Waals surface area (Å²) in [5.74, 6) is 0. The van der Waals surface area contributed by atoms with E-state index in [-0.39, 0.29) is 0 Å². The molecule has 0 spiro atoms. The number of hydrogen-bond donors (Lipinski definition) is 2. The highest BCUT2D eigenvalue weighted by atomic mass is 16.6. The van der Waals surface area contributed by atoms with Crippen LogP contribution in [0.15, 0.2) is 0 Å². The van der Waals surface area contributed by atoms with Gasteiger partial charge in [-0.2, -0.15) is 0 Å². The number of rotatable bonds is 8. The molecule has 0 aromatic carbocycles. The zero-order valence-electron chi connectivity index (χ0n) is 11.3. The van der Waals surface area contributed by atoms with Crippen molar-refractivity contribution in [1.29, 1.82) is 0 Å². The Hall–Kier alpha value is -1.46. The van der Waals surface area contributed by atoms with Crippen molar-refractivity contribution in [2.45, 2.75) is 52.4 Å². The molecule has 0 fully saturated rings. The molecule has 0 saturated carbocycles. The van der Waals surface area contributed by atoms with E-state index in [1.807, 2.05) is 0 Å². The predicted octanol–water partition coefficient (Wildman–Crippen LogP) is 2.73. The van der Waals surface area contributed by atoms with Crippen molar-refractivity contribution in [3.05, 3.63) is 0 Å². The van der Waals surface area contributed by atoms with Crippen LogP contribution >= 0.6 is 0 Å². The van der Waals surface area contributed by atoms with E-state index in [1.165, 1.54) is 0 Å². The van der Waals surface area contributed by atoms with Gasteiger partial charge in [0.1, 0.15) is 0 Å². The largest absolute Gasteiger partial charge is 0.448 e. The van der Waals surface area contributed by atoms with Crippen molar-refractivity contribution in [3.8, 4) is 0 Å². The lowest BCUT2D eigenvalue weighted by Gasteiger charge is -2.08. The highest BCUT2D eigenvalue weighted by Crippen LogP contribution is 1.95. The third-order valence-electron chi connectivity index (χ3n) is 2.23. The van der Waals surface area contributed by atoms with Crippen LogP contribution in [-0.2, 0) is 9.47 Å². The molecule has 2 N–H and O–H groups in total. The Morgan fingerprint density at radius 2 is 1.17 bits per heavy atom. The maximum Gasteiger partial charge on any atom is 0.426 e. The summed E-state index contributed by atoms with van der Waals surface area (Å²) in [5.41, 5.74) is 4.23. The summed E-state index contributed by atoms with van der Waals surface area (Å²) in [6.45, 7) is 4.84. The molecule has 6 nitrogen and oxygen atoms in total. The highest BCUT2D eigenvalue weighted by Gasteiger charge is 2.05. The van der Waals surface area contributed by atoms with Crippen LogP contribution in [0.3, 0.4) is 0 Å². The fourth-order valence-electron chi connectivity index (χ4n) is 1.21. The van der Waals surface area contributed by atoms with Crippen LogP contribution in [0.2, 0.25) is 0 Å². The molecule has 0 saturated heterocycles. The topological polar surface area (TPSA) is 76.7 Å². The minimum Gasteiger partial charge on any atom is -0.448 e.